The Labute approximate surface area is 221 Å². The maximum atomic E-state index is 14.8. The van der Waals surface area contributed by atoms with Crippen molar-refractivity contribution < 1.29 is 22.2 Å². The summed E-state index contributed by atoms with van der Waals surface area (Å²) in [5.41, 5.74) is 4.08. The number of carbonyl (C=O) groups excluding carboxylic acids is 1. The van der Waals surface area contributed by atoms with E-state index in [0.717, 1.165) is 29.8 Å². The highest BCUT2D eigenvalue weighted by Crippen LogP contribution is 2.33. The molecule has 2 N–H and O–H groups in total. The van der Waals surface area contributed by atoms with Gasteiger partial charge in [-0.3, -0.25) is 14.3 Å². The number of fused-ring (bicyclic) bond motifs is 1. The number of aromatic nitrogens is 1. The molecule has 7 nitrogen and oxygen atoms in total. The lowest BCUT2D eigenvalue weighted by Crippen LogP contribution is -2.31. The lowest BCUT2D eigenvalue weighted by molar-refractivity contribution is -0.118. The van der Waals surface area contributed by atoms with Crippen LogP contribution in [0.25, 0.3) is 11.1 Å². The minimum absolute atomic E-state index is 0.0332. The van der Waals surface area contributed by atoms with Crippen molar-refractivity contribution in [3.8, 4) is 11.1 Å². The van der Waals surface area contributed by atoms with Gasteiger partial charge in [0.25, 0.3) is 10.1 Å². The third-order valence-electron chi connectivity index (χ3n) is 6.52. The second-order valence-corrected chi connectivity index (χ2v) is 11.3. The number of nitrogens with one attached hydrogen (secondary N) is 1. The molecule has 0 aliphatic carbocycles. The van der Waals surface area contributed by atoms with Gasteiger partial charge >= 0.3 is 0 Å². The van der Waals surface area contributed by atoms with Gasteiger partial charge in [0.2, 0.25) is 5.91 Å². The van der Waals surface area contributed by atoms with Gasteiger partial charge in [0.05, 0.1) is 5.75 Å². The number of benzene rings is 1. The molecule has 2 aromatic rings. The molecule has 0 bridgehead atoms. The first kappa shape index (κ1) is 30.9. The van der Waals surface area contributed by atoms with E-state index in [4.69, 9.17) is 4.55 Å². The van der Waals surface area contributed by atoms with Gasteiger partial charge in [-0.25, -0.2) is 4.39 Å². The van der Waals surface area contributed by atoms with Crippen LogP contribution >= 0.6 is 0 Å². The fraction of sp³-hybridized carbons (Fsp3) is 0.571. The Balaban J connectivity index is 0.000000717. The van der Waals surface area contributed by atoms with Crippen LogP contribution in [0.5, 0.6) is 0 Å². The van der Waals surface area contributed by atoms with Crippen molar-refractivity contribution in [2.24, 2.45) is 0 Å². The second-order valence-electron chi connectivity index (χ2n) is 9.52. The second kappa shape index (κ2) is 15.8. The Bertz CT molecular complexity index is 1110. The molecule has 1 aliphatic heterocycles. The molecule has 1 aromatic carbocycles. The molecular weight excluding hydrogens is 493 g/mol. The summed E-state index contributed by atoms with van der Waals surface area (Å²) in [7, 11) is -1.95. The first-order valence-electron chi connectivity index (χ1n) is 13.3. The number of halogens is 1. The predicted molar refractivity (Wildman–Crippen MR) is 148 cm³/mol. The number of hydrogen-bond acceptors (Lipinski definition) is 5. The zero-order chi connectivity index (χ0) is 27.3. The summed E-state index contributed by atoms with van der Waals surface area (Å²) in [5, 5.41) is 3.49. The van der Waals surface area contributed by atoms with Crippen LogP contribution in [0.2, 0.25) is 0 Å². The zero-order valence-corrected chi connectivity index (χ0v) is 23.2. The Hall–Kier alpha value is -2.36. The molecular formula is C28H42FN3O4S. The number of carbonyl (C=O) groups is 1. The van der Waals surface area contributed by atoms with Gasteiger partial charge in [0.15, 0.2) is 0 Å². The minimum Gasteiger partial charge on any atom is -0.315 e. The third-order valence-corrected chi connectivity index (χ3v) is 7.25. The quantitative estimate of drug-likeness (QED) is 0.244. The molecule has 1 aromatic heterocycles. The Kier molecular flexibility index (Phi) is 13.2. The molecule has 0 spiro atoms. The van der Waals surface area contributed by atoms with E-state index in [2.05, 4.69) is 17.2 Å². The van der Waals surface area contributed by atoms with Crippen LogP contribution in [0.15, 0.2) is 30.6 Å². The first-order chi connectivity index (χ1) is 17.7. The van der Waals surface area contributed by atoms with Crippen LogP contribution in [0.3, 0.4) is 0 Å². The highest BCUT2D eigenvalue weighted by atomic mass is 32.2. The largest absolute Gasteiger partial charge is 0.315 e. The number of anilines is 1. The molecule has 1 aliphatic rings. The molecule has 0 saturated heterocycles. The average Bonchev–Trinajstić information content (AvgIpc) is 2.87. The van der Waals surface area contributed by atoms with E-state index in [1.54, 1.807) is 18.1 Å². The summed E-state index contributed by atoms with van der Waals surface area (Å²) in [6.07, 6.45) is 15.2. The molecule has 1 amide bonds. The number of amides is 1. The van der Waals surface area contributed by atoms with Crippen LogP contribution in [0.1, 0.15) is 82.8 Å². The summed E-state index contributed by atoms with van der Waals surface area (Å²) in [4.78, 5) is 17.8. The van der Waals surface area contributed by atoms with Crippen molar-refractivity contribution in [3.05, 3.63) is 47.5 Å². The molecule has 0 atom stereocenters. The van der Waals surface area contributed by atoms with Crippen LogP contribution in [0.4, 0.5) is 10.1 Å². The summed E-state index contributed by atoms with van der Waals surface area (Å²) in [5.74, 6) is -0.482. The normalized spacial score (nSPS) is 13.2. The van der Waals surface area contributed by atoms with E-state index in [1.807, 2.05) is 18.3 Å². The number of aryl methyl sites for hydroxylation is 1. The number of unbranched alkanes of at least 4 members (excludes halogenated alkanes) is 7. The van der Waals surface area contributed by atoms with Crippen LogP contribution in [-0.4, -0.2) is 43.2 Å². The van der Waals surface area contributed by atoms with Gasteiger partial charge in [-0.1, -0.05) is 51.9 Å². The van der Waals surface area contributed by atoms with Gasteiger partial charge in [0.1, 0.15) is 5.82 Å². The number of nitrogens with zero attached hydrogens (tertiary/aromatic N) is 2. The number of hydrogen-bond donors (Lipinski definition) is 2. The molecule has 0 unspecified atom stereocenters. The van der Waals surface area contributed by atoms with E-state index in [-0.39, 0.29) is 17.5 Å². The Morgan fingerprint density at radius 1 is 1.00 bits per heavy atom. The van der Waals surface area contributed by atoms with E-state index in [1.165, 1.54) is 64.4 Å². The number of rotatable bonds is 13. The molecule has 0 radical (unpaired) electrons. The van der Waals surface area contributed by atoms with E-state index < -0.39 is 10.1 Å². The fourth-order valence-electron chi connectivity index (χ4n) is 4.23. The molecule has 9 heteroatoms. The third kappa shape index (κ3) is 10.9. The zero-order valence-electron chi connectivity index (χ0n) is 22.4. The molecule has 37 heavy (non-hydrogen) atoms. The molecule has 0 fully saturated rings. The minimum atomic E-state index is -3.66. The summed E-state index contributed by atoms with van der Waals surface area (Å²) in [6.45, 7) is 5.35. The fourth-order valence-corrected chi connectivity index (χ4v) is 4.23. The van der Waals surface area contributed by atoms with Crippen LogP contribution < -0.4 is 10.2 Å². The molecule has 3 rings (SSSR count). The van der Waals surface area contributed by atoms with Crippen molar-refractivity contribution in [2.45, 2.75) is 84.6 Å². The first-order valence-corrected chi connectivity index (χ1v) is 15.0. The van der Waals surface area contributed by atoms with Crippen molar-refractivity contribution in [1.29, 1.82) is 0 Å². The Morgan fingerprint density at radius 2 is 1.65 bits per heavy atom. The summed E-state index contributed by atoms with van der Waals surface area (Å²) in [6, 6.07) is 5.37. The maximum Gasteiger partial charge on any atom is 0.264 e. The topological polar surface area (TPSA) is 99.6 Å². The van der Waals surface area contributed by atoms with Gasteiger partial charge in [-0.05, 0) is 55.6 Å². The molecule has 0 saturated carbocycles. The van der Waals surface area contributed by atoms with Gasteiger partial charge in [-0.15, -0.1) is 0 Å². The van der Waals surface area contributed by atoms with Crippen molar-refractivity contribution in [2.75, 3.05) is 24.2 Å². The molecule has 206 valence electrons. The van der Waals surface area contributed by atoms with E-state index in [9.17, 15) is 17.6 Å². The Morgan fingerprint density at radius 3 is 2.30 bits per heavy atom. The van der Waals surface area contributed by atoms with Crippen molar-refractivity contribution in [1.82, 2.24) is 10.3 Å². The van der Waals surface area contributed by atoms with Gasteiger partial charge in [0, 0.05) is 49.2 Å². The lowest BCUT2D eigenvalue weighted by atomic mass is 9.96. The van der Waals surface area contributed by atoms with Crippen LogP contribution in [-0.2, 0) is 27.9 Å². The maximum absolute atomic E-state index is 14.8. The SMILES string of the molecule is CCCCCCCCCCNCc1cncc(-c2cc3c(cc2F)N(C)C(=O)CC3)c1.CCS(=O)(=O)O. The highest BCUT2D eigenvalue weighted by Gasteiger charge is 2.23. The monoisotopic (exact) mass is 535 g/mol. The van der Waals surface area contributed by atoms with Crippen molar-refractivity contribution >= 4 is 21.7 Å². The van der Waals surface area contributed by atoms with Gasteiger partial charge < -0.3 is 10.2 Å². The highest BCUT2D eigenvalue weighted by molar-refractivity contribution is 7.85. The van der Waals surface area contributed by atoms with Crippen molar-refractivity contribution in [3.63, 3.8) is 0 Å². The summed E-state index contributed by atoms with van der Waals surface area (Å²) < 4.78 is 41.7. The van der Waals surface area contributed by atoms with Crippen LogP contribution in [0, 0.1) is 5.82 Å². The van der Waals surface area contributed by atoms with E-state index >= 15 is 0 Å². The standard InChI is InChI=1S/C26H36FN3O.C2H6O3S/c1-3-4-5-6-7-8-9-10-13-28-17-20-14-22(19-29-18-20)23-15-21-11-12-26(31)30(2)25(21)16-24(23)27;1-2-6(3,4)5/h14-16,18-19,28H,3-13,17H2,1-2H3;2H2,1H3,(H,3,4,5). The predicted octanol–water partition coefficient (Wildman–Crippen LogP) is 5.92. The lowest BCUT2D eigenvalue weighted by Gasteiger charge is -2.26. The van der Waals surface area contributed by atoms with E-state index in [0.29, 0.717) is 24.1 Å². The average molecular weight is 536 g/mol. The van der Waals surface area contributed by atoms with Gasteiger partial charge in [-0.2, -0.15) is 8.42 Å². The molecule has 2 heterocycles. The smallest absolute Gasteiger partial charge is 0.264 e. The number of pyridine rings is 1. The summed E-state index contributed by atoms with van der Waals surface area (Å²) >= 11 is 0.